The van der Waals surface area contributed by atoms with E-state index >= 15 is 0 Å². The Kier molecular flexibility index (Phi) is 2.38. The van der Waals surface area contributed by atoms with Crippen molar-refractivity contribution in [3.05, 3.63) is 12.2 Å². The topological polar surface area (TPSA) is 26.3 Å². The molecule has 2 rings (SSSR count). The van der Waals surface area contributed by atoms with E-state index in [1.165, 1.54) is 0 Å². The molecule has 0 amide bonds. The Labute approximate surface area is 89.1 Å². The van der Waals surface area contributed by atoms with Crippen molar-refractivity contribution in [3.8, 4) is 0 Å². The van der Waals surface area contributed by atoms with E-state index in [4.69, 9.17) is 4.74 Å². The molecular weight excluding hydrogens is 196 g/mol. The zero-order chi connectivity index (χ0) is 10.3. The van der Waals surface area contributed by atoms with E-state index in [1.807, 2.05) is 32.5 Å². The molecule has 78 valence electrons. The van der Waals surface area contributed by atoms with E-state index in [9.17, 15) is 4.79 Å². The first kappa shape index (κ1) is 10.1. The Balaban J connectivity index is 1.97. The van der Waals surface area contributed by atoms with Gasteiger partial charge in [-0.1, -0.05) is 12.2 Å². The molecule has 2 aliphatic heterocycles. The lowest BCUT2D eigenvalue weighted by atomic mass is 9.94. The van der Waals surface area contributed by atoms with Gasteiger partial charge in [0.25, 0.3) is 0 Å². The summed E-state index contributed by atoms with van der Waals surface area (Å²) in [4.78, 5) is 11.8. The van der Waals surface area contributed by atoms with Gasteiger partial charge in [0, 0.05) is 10.5 Å². The number of esters is 1. The summed E-state index contributed by atoms with van der Waals surface area (Å²) in [5.41, 5.74) is -0.354. The fourth-order valence-corrected chi connectivity index (χ4v) is 3.38. The maximum atomic E-state index is 11.8. The van der Waals surface area contributed by atoms with Crippen molar-refractivity contribution in [2.24, 2.45) is 5.92 Å². The molecule has 0 N–H and O–H groups in total. The van der Waals surface area contributed by atoms with E-state index < -0.39 is 0 Å². The Hall–Kier alpha value is -0.440. The number of rotatable bonds is 1. The van der Waals surface area contributed by atoms with Crippen molar-refractivity contribution in [1.82, 2.24) is 0 Å². The number of fused-ring (bicyclic) bond motifs is 2. The number of hydrogen-bond acceptors (Lipinski definition) is 3. The minimum absolute atomic E-state index is 0.0261. The van der Waals surface area contributed by atoms with Crippen molar-refractivity contribution in [3.63, 3.8) is 0 Å². The molecular formula is C11H16O2S. The summed E-state index contributed by atoms with van der Waals surface area (Å²) < 4.78 is 5.39. The van der Waals surface area contributed by atoms with E-state index in [0.29, 0.717) is 10.5 Å². The van der Waals surface area contributed by atoms with Gasteiger partial charge in [0.2, 0.25) is 0 Å². The van der Waals surface area contributed by atoms with Crippen LogP contribution in [0.1, 0.15) is 27.2 Å². The zero-order valence-corrected chi connectivity index (χ0v) is 9.64. The van der Waals surface area contributed by atoms with Gasteiger partial charge >= 0.3 is 5.97 Å². The molecule has 3 atom stereocenters. The standard InChI is InChI=1S/C11H16O2S/c1-11(2,3)13-10(12)8-6-7-4-5-9(8)14-7/h4-5,7-9H,6H2,1-3H3. The third-order valence-corrected chi connectivity index (χ3v) is 3.94. The minimum Gasteiger partial charge on any atom is -0.460 e. The molecule has 3 heteroatoms. The third kappa shape index (κ3) is 1.97. The first-order valence-electron chi connectivity index (χ1n) is 5.02. The van der Waals surface area contributed by atoms with Crippen LogP contribution < -0.4 is 0 Å². The minimum atomic E-state index is -0.354. The Morgan fingerprint density at radius 1 is 1.43 bits per heavy atom. The molecule has 2 heterocycles. The van der Waals surface area contributed by atoms with Crippen LogP contribution in [-0.4, -0.2) is 22.1 Å². The summed E-state index contributed by atoms with van der Waals surface area (Å²) in [6, 6.07) is 0. The Morgan fingerprint density at radius 2 is 2.14 bits per heavy atom. The van der Waals surface area contributed by atoms with E-state index in [0.717, 1.165) is 6.42 Å². The highest BCUT2D eigenvalue weighted by molar-refractivity contribution is 8.01. The molecule has 0 aromatic heterocycles. The first-order chi connectivity index (χ1) is 6.46. The molecule has 1 fully saturated rings. The summed E-state index contributed by atoms with van der Waals surface area (Å²) in [5.74, 6) is 0.0658. The molecule has 0 spiro atoms. The first-order valence-corrected chi connectivity index (χ1v) is 5.97. The maximum Gasteiger partial charge on any atom is 0.310 e. The normalized spacial score (nSPS) is 34.9. The predicted octanol–water partition coefficient (Wildman–Crippen LogP) is 2.39. The summed E-state index contributed by atoms with van der Waals surface area (Å²) in [7, 11) is 0. The highest BCUT2D eigenvalue weighted by Gasteiger charge is 2.42. The van der Waals surface area contributed by atoms with Crippen LogP contribution in [0.25, 0.3) is 0 Å². The second-order valence-corrected chi connectivity index (χ2v) is 6.32. The molecule has 2 nitrogen and oxygen atoms in total. The molecule has 14 heavy (non-hydrogen) atoms. The number of thioether (sulfide) groups is 1. The SMILES string of the molecule is CC(C)(C)OC(=O)C1CC2C=CC1S2. The average molecular weight is 212 g/mol. The van der Waals surface area contributed by atoms with Crippen molar-refractivity contribution < 1.29 is 9.53 Å². The fourth-order valence-electron chi connectivity index (χ4n) is 1.88. The van der Waals surface area contributed by atoms with Crippen LogP contribution in [0.3, 0.4) is 0 Å². The highest BCUT2D eigenvalue weighted by atomic mass is 32.2. The molecule has 0 aromatic rings. The van der Waals surface area contributed by atoms with Crippen LogP contribution in [0.2, 0.25) is 0 Å². The molecule has 0 aromatic carbocycles. The summed E-state index contributed by atoms with van der Waals surface area (Å²) in [6.45, 7) is 5.75. The lowest BCUT2D eigenvalue weighted by Crippen LogP contribution is -2.31. The Bertz CT molecular complexity index is 278. The largest absolute Gasteiger partial charge is 0.460 e. The fraction of sp³-hybridized carbons (Fsp3) is 0.727. The van der Waals surface area contributed by atoms with Crippen LogP contribution in [-0.2, 0) is 9.53 Å². The summed E-state index contributed by atoms with van der Waals surface area (Å²) in [6.07, 6.45) is 5.31. The molecule has 0 radical (unpaired) electrons. The second-order valence-electron chi connectivity index (χ2n) is 4.90. The van der Waals surface area contributed by atoms with Gasteiger partial charge in [0.05, 0.1) is 5.92 Å². The van der Waals surface area contributed by atoms with Gasteiger partial charge < -0.3 is 4.74 Å². The van der Waals surface area contributed by atoms with E-state index in [1.54, 1.807) is 0 Å². The number of carbonyl (C=O) groups excluding carboxylic acids is 1. The second kappa shape index (κ2) is 3.30. The van der Waals surface area contributed by atoms with Gasteiger partial charge in [-0.2, -0.15) is 0 Å². The van der Waals surface area contributed by atoms with Gasteiger partial charge in [-0.15, -0.1) is 11.8 Å². The van der Waals surface area contributed by atoms with Crippen LogP contribution in [0.4, 0.5) is 0 Å². The van der Waals surface area contributed by atoms with E-state index in [-0.39, 0.29) is 17.5 Å². The summed E-state index contributed by atoms with van der Waals surface area (Å²) in [5, 5.41) is 0.923. The zero-order valence-electron chi connectivity index (χ0n) is 8.82. The van der Waals surface area contributed by atoms with Crippen molar-refractivity contribution in [2.45, 2.75) is 43.3 Å². The third-order valence-electron chi connectivity index (χ3n) is 2.44. The smallest absolute Gasteiger partial charge is 0.310 e. The van der Waals surface area contributed by atoms with Crippen molar-refractivity contribution in [1.29, 1.82) is 0 Å². The van der Waals surface area contributed by atoms with Crippen LogP contribution in [0.15, 0.2) is 12.2 Å². The van der Waals surface area contributed by atoms with Crippen LogP contribution >= 0.6 is 11.8 Å². The maximum absolute atomic E-state index is 11.8. The molecule has 2 aliphatic rings. The molecule has 2 bridgehead atoms. The summed E-state index contributed by atoms with van der Waals surface area (Å²) >= 11 is 1.88. The van der Waals surface area contributed by atoms with Crippen molar-refractivity contribution in [2.75, 3.05) is 0 Å². The number of carbonyl (C=O) groups is 1. The van der Waals surface area contributed by atoms with Gasteiger partial charge in [-0.3, -0.25) is 4.79 Å². The van der Waals surface area contributed by atoms with Crippen LogP contribution in [0, 0.1) is 5.92 Å². The quantitative estimate of drug-likeness (QED) is 0.493. The van der Waals surface area contributed by atoms with E-state index in [2.05, 4.69) is 12.2 Å². The van der Waals surface area contributed by atoms with Crippen molar-refractivity contribution >= 4 is 17.7 Å². The monoisotopic (exact) mass is 212 g/mol. The van der Waals surface area contributed by atoms with Gasteiger partial charge in [0.15, 0.2) is 0 Å². The molecule has 3 unspecified atom stereocenters. The predicted molar refractivity (Wildman–Crippen MR) is 58.3 cm³/mol. The van der Waals surface area contributed by atoms with Crippen LogP contribution in [0.5, 0.6) is 0 Å². The van der Waals surface area contributed by atoms with Gasteiger partial charge in [-0.25, -0.2) is 0 Å². The lowest BCUT2D eigenvalue weighted by molar-refractivity contribution is -0.159. The van der Waals surface area contributed by atoms with Gasteiger partial charge in [0.1, 0.15) is 5.60 Å². The average Bonchev–Trinajstić information content (AvgIpc) is 2.59. The van der Waals surface area contributed by atoms with Gasteiger partial charge in [-0.05, 0) is 27.2 Å². The molecule has 1 saturated heterocycles. The number of hydrogen-bond donors (Lipinski definition) is 0. The highest BCUT2D eigenvalue weighted by Crippen LogP contribution is 2.45. The lowest BCUT2D eigenvalue weighted by Gasteiger charge is -2.24. The molecule has 0 aliphatic carbocycles. The Morgan fingerprint density at radius 3 is 2.57 bits per heavy atom. The number of ether oxygens (including phenoxy) is 1. The molecule has 0 saturated carbocycles.